The summed E-state index contributed by atoms with van der Waals surface area (Å²) in [6, 6.07) is 21.9. The van der Waals surface area contributed by atoms with Crippen molar-refractivity contribution in [3.63, 3.8) is 0 Å². The maximum atomic E-state index is 13.9. The Hall–Kier alpha value is -5.12. The van der Waals surface area contributed by atoms with E-state index in [1.807, 2.05) is 0 Å². The first kappa shape index (κ1) is 70.1. The smallest absolute Gasteiger partial charge is 0.870 e. The minimum atomic E-state index is -1.05. The number of carbonyl (C=O) groups is 4. The number of rotatable bonds is 24. The fourth-order valence-electron chi connectivity index (χ4n) is 10.9. The molecule has 0 heterocycles. The number of carbonyl (C=O) groups excluding carboxylic acids is 3. The van der Waals surface area contributed by atoms with Crippen molar-refractivity contribution in [1.82, 2.24) is 21.3 Å². The number of hydrogen-bond donors (Lipinski definition) is 7. The van der Waals surface area contributed by atoms with E-state index in [1.165, 1.54) is 53.6 Å². The fraction of sp³-hybridized carbons (Fsp3) is 0.556. The van der Waals surface area contributed by atoms with Gasteiger partial charge in [0.25, 0.3) is 0 Å². The van der Waals surface area contributed by atoms with E-state index in [2.05, 4.69) is 116 Å². The molecule has 442 valence electrons. The molecule has 0 radical (unpaired) electrons. The number of aliphatic hydroxyl groups excluding tert-OH is 2. The van der Waals surface area contributed by atoms with E-state index >= 15 is 0 Å². The summed E-state index contributed by atoms with van der Waals surface area (Å²) in [5.41, 5.74) is 4.80. The van der Waals surface area contributed by atoms with Crippen LogP contribution in [0.1, 0.15) is 178 Å². The molecule has 0 aromatic heterocycles. The van der Waals surface area contributed by atoms with E-state index in [-0.39, 0.29) is 110 Å². The average Bonchev–Trinajstić information content (AvgIpc) is 3.38. The third-order valence-corrected chi connectivity index (χ3v) is 15.5. The second-order valence-corrected chi connectivity index (χ2v) is 23.8. The molecule has 18 heteroatoms. The minimum absolute atomic E-state index is 0. The zero-order chi connectivity index (χ0) is 58.0. The number of nitrogens with one attached hydrogen (secondary N) is 4. The monoisotopic (exact) mass is 1130 g/mol. The van der Waals surface area contributed by atoms with Gasteiger partial charge in [-0.3, -0.25) is 19.2 Å². The summed E-state index contributed by atoms with van der Waals surface area (Å²) in [4.78, 5) is 47.6. The van der Waals surface area contributed by atoms with Gasteiger partial charge in [0.1, 0.15) is 23.3 Å². The van der Waals surface area contributed by atoms with Crippen LogP contribution >= 0.6 is 0 Å². The number of halogens is 4. The summed E-state index contributed by atoms with van der Waals surface area (Å²) in [6.45, 7) is 13.4. The summed E-state index contributed by atoms with van der Waals surface area (Å²) in [5, 5.41) is 44.4. The molecule has 4 aromatic carbocycles. The molecule has 0 aliphatic heterocycles. The first-order chi connectivity index (χ1) is 37.3. The number of amides is 2. The van der Waals surface area contributed by atoms with Gasteiger partial charge < -0.3 is 46.8 Å². The number of methoxy groups -OCH3 is 1. The molecule has 4 aromatic rings. The van der Waals surface area contributed by atoms with E-state index in [0.717, 1.165) is 76.3 Å². The molecule has 13 nitrogen and oxygen atoms in total. The first-order valence-corrected chi connectivity index (χ1v) is 28.2. The van der Waals surface area contributed by atoms with Gasteiger partial charge >= 0.3 is 30.8 Å². The molecule has 8 N–H and O–H groups in total. The van der Waals surface area contributed by atoms with Gasteiger partial charge in [0.2, 0.25) is 11.8 Å². The Morgan fingerprint density at radius 1 is 0.556 bits per heavy atom. The van der Waals surface area contributed by atoms with Crippen LogP contribution in [0.3, 0.4) is 0 Å². The molecular formula is C63H87F4LiN4O9. The number of benzene rings is 4. The predicted molar refractivity (Wildman–Crippen MR) is 301 cm³/mol. The van der Waals surface area contributed by atoms with Crippen molar-refractivity contribution in [2.24, 2.45) is 0 Å². The Kier molecular flexibility index (Phi) is 28.3. The molecule has 81 heavy (non-hydrogen) atoms. The van der Waals surface area contributed by atoms with Gasteiger partial charge in [-0.1, -0.05) is 129 Å². The Balaban J connectivity index is 0.000000415. The van der Waals surface area contributed by atoms with Crippen LogP contribution in [-0.2, 0) is 58.7 Å². The zero-order valence-corrected chi connectivity index (χ0v) is 48.9. The van der Waals surface area contributed by atoms with Crippen LogP contribution in [0, 0.1) is 23.3 Å². The van der Waals surface area contributed by atoms with Crippen LogP contribution in [0.2, 0.25) is 0 Å². The van der Waals surface area contributed by atoms with E-state index in [4.69, 9.17) is 5.11 Å². The van der Waals surface area contributed by atoms with Crippen LogP contribution in [0.25, 0.3) is 0 Å². The maximum absolute atomic E-state index is 13.9. The standard InChI is InChI=1S/C32H44F2N2O4.C31H42F2N2O4.Li.H2O/c1-31(2,3)23-10-8-11-24(19-23)32(14-6-5-7-15-32)35-21-28(37)27(18-22-16-25(33)20-26(34)17-22)36-29(38)12-9-13-30(39)40-4;1-30(2,3)22-9-7-10-23(18-22)31(13-5-4-6-14-31)34-20-27(36)26(35-28(37)11-8-12-29(38)39)17-21-15-24(32)19-25(33)16-21;;/h8,10-11,16-17,19-20,27-28,35,37H,5-7,9,12-15,18,21H2,1-4H3,(H,36,38);7,9-10,15-16,18-19,26-27,34,36H,4-6,8,11-14,17,20H2,1-3H3,(H,35,37)(H,38,39);;1H2/q;;+1;/p-1/t27-,28+;26-,27+;;/m00../s1. The van der Waals surface area contributed by atoms with Crippen LogP contribution in [0.4, 0.5) is 17.6 Å². The number of ether oxygens (including phenoxy) is 1. The van der Waals surface area contributed by atoms with Gasteiger partial charge in [-0.25, -0.2) is 17.6 Å². The molecule has 0 spiro atoms. The number of carboxylic acids is 1. The van der Waals surface area contributed by atoms with Crippen LogP contribution < -0.4 is 40.1 Å². The number of esters is 1. The van der Waals surface area contributed by atoms with E-state index in [0.29, 0.717) is 17.5 Å². The van der Waals surface area contributed by atoms with Gasteiger partial charge in [-0.2, -0.15) is 0 Å². The van der Waals surface area contributed by atoms with Crippen molar-refractivity contribution in [1.29, 1.82) is 0 Å². The van der Waals surface area contributed by atoms with Crippen molar-refractivity contribution >= 4 is 23.8 Å². The molecule has 6 rings (SSSR count). The Labute approximate surface area is 489 Å². The van der Waals surface area contributed by atoms with Gasteiger partial charge in [-0.15, -0.1) is 0 Å². The number of aliphatic carboxylic acids is 1. The molecular weight excluding hydrogens is 1040 g/mol. The van der Waals surface area contributed by atoms with Crippen molar-refractivity contribution in [3.8, 4) is 0 Å². The van der Waals surface area contributed by atoms with Crippen LogP contribution in [0.15, 0.2) is 84.9 Å². The Morgan fingerprint density at radius 2 is 0.914 bits per heavy atom. The zero-order valence-electron chi connectivity index (χ0n) is 48.9. The van der Waals surface area contributed by atoms with Crippen molar-refractivity contribution in [2.75, 3.05) is 20.2 Å². The summed E-state index contributed by atoms with van der Waals surface area (Å²) in [6.07, 6.45) is 8.63. The summed E-state index contributed by atoms with van der Waals surface area (Å²) in [7, 11) is 1.29. The normalized spacial score (nSPS) is 16.4. The Morgan fingerprint density at radius 3 is 1.25 bits per heavy atom. The van der Waals surface area contributed by atoms with Gasteiger partial charge in [0.15, 0.2) is 0 Å². The summed E-state index contributed by atoms with van der Waals surface area (Å²) < 4.78 is 60.2. The van der Waals surface area contributed by atoms with Gasteiger partial charge in [0.05, 0.1) is 31.4 Å². The molecule has 0 bridgehead atoms. The van der Waals surface area contributed by atoms with Gasteiger partial charge in [0, 0.05) is 62.0 Å². The fourth-order valence-corrected chi connectivity index (χ4v) is 10.9. The van der Waals surface area contributed by atoms with Crippen molar-refractivity contribution in [2.45, 2.75) is 203 Å². The Bertz CT molecular complexity index is 2590. The van der Waals surface area contributed by atoms with E-state index in [9.17, 15) is 47.0 Å². The van der Waals surface area contributed by atoms with Gasteiger partial charge in [-0.05, 0) is 120 Å². The van der Waals surface area contributed by atoms with Crippen molar-refractivity contribution < 1.29 is 81.1 Å². The maximum Gasteiger partial charge on any atom is 1.00 e. The third kappa shape index (κ3) is 22.5. The van der Waals surface area contributed by atoms with Crippen molar-refractivity contribution in [3.05, 3.63) is 142 Å². The summed E-state index contributed by atoms with van der Waals surface area (Å²) >= 11 is 0. The summed E-state index contributed by atoms with van der Waals surface area (Å²) in [5.74, 6) is -5.06. The average molecular weight is 1130 g/mol. The second kappa shape index (κ2) is 32.7. The molecule has 2 aliphatic rings. The number of aliphatic hydroxyl groups is 2. The topological polar surface area (TPSA) is 216 Å². The van der Waals surface area contributed by atoms with Crippen LogP contribution in [-0.4, -0.2) is 89.0 Å². The predicted octanol–water partition coefficient (Wildman–Crippen LogP) is 7.62. The quantitative estimate of drug-likeness (QED) is 0.0206. The molecule has 0 unspecified atom stereocenters. The van der Waals surface area contributed by atoms with E-state index in [1.54, 1.807) is 0 Å². The molecule has 2 amide bonds. The molecule has 2 aliphatic carbocycles. The largest absolute Gasteiger partial charge is 1.00 e. The molecule has 4 atom stereocenters. The molecule has 2 fully saturated rings. The molecule has 2 saturated carbocycles. The molecule has 0 saturated heterocycles. The number of hydrogen-bond acceptors (Lipinski definition) is 10. The minimum Gasteiger partial charge on any atom is -0.870 e. The third-order valence-electron chi connectivity index (χ3n) is 15.5. The van der Waals surface area contributed by atoms with E-state index < -0.39 is 65.4 Å². The van der Waals surface area contributed by atoms with Crippen LogP contribution in [0.5, 0.6) is 0 Å². The SMILES string of the molecule is CC(C)(C)c1cccc(C2(NC[C@@H](O)[C@H](Cc3cc(F)cc(F)c3)NC(=O)CCCC(=O)O)CCCCC2)c1.COC(=O)CCCC(=O)N[C@@H](Cc1cc(F)cc(F)c1)[C@H](O)CNC1(c2cccc(C(C)(C)C)c2)CCCCC1.[Li+].[OH-]. The number of carboxylic acid groups (broad SMARTS) is 1. The second-order valence-electron chi connectivity index (χ2n) is 23.8. The first-order valence-electron chi connectivity index (χ1n) is 28.2.